The van der Waals surface area contributed by atoms with E-state index in [-0.39, 0.29) is 30.8 Å². The van der Waals surface area contributed by atoms with Crippen LogP contribution in [0.5, 0.6) is 5.75 Å². The van der Waals surface area contributed by atoms with Crippen LogP contribution < -0.4 is 14.4 Å². The molecule has 18 heteroatoms. The van der Waals surface area contributed by atoms with Crippen molar-refractivity contribution in [1.82, 2.24) is 14.5 Å². The summed E-state index contributed by atoms with van der Waals surface area (Å²) in [5, 5.41) is 0.712. The van der Waals surface area contributed by atoms with Crippen molar-refractivity contribution in [3.8, 4) is 5.75 Å². The number of ether oxygens (including phenoxy) is 3. The van der Waals surface area contributed by atoms with Gasteiger partial charge in [0.1, 0.15) is 10.6 Å². The summed E-state index contributed by atoms with van der Waals surface area (Å²) in [6.45, 7) is 11.7. The minimum atomic E-state index is -6.08. The van der Waals surface area contributed by atoms with E-state index in [0.29, 0.717) is 43.9 Å². The van der Waals surface area contributed by atoms with Gasteiger partial charge < -0.3 is 19.1 Å². The van der Waals surface area contributed by atoms with Crippen LogP contribution in [0.2, 0.25) is 5.02 Å². The zero-order chi connectivity index (χ0) is 42.9. The highest BCUT2D eigenvalue weighted by atomic mass is 35.5. The van der Waals surface area contributed by atoms with Crippen LogP contribution in [0.4, 0.5) is 18.9 Å². The number of benzene rings is 3. The molecule has 3 aromatic carbocycles. The molecule has 4 aliphatic rings. The standard InChI is InChI=1S/C42H50ClF3N4O8S2/c1-40(2)14-13-36(30-3-7-33(43)8-4-30)32(24-40)25-48-15-17-50(18-16-48)34-9-5-31(6-10-34)39(51)47-60(54,55)35-11-12-37(38(23-35)59(52,53)42(44,45)46)58-29-41(27-57-28-41)26-49-19-21-56-22-20-49/h3-12,23H,13-22,24-29H2,1-2H3,(H,47,51). The molecule has 0 aromatic heterocycles. The lowest BCUT2D eigenvalue weighted by Crippen LogP contribution is -2.56. The summed E-state index contributed by atoms with van der Waals surface area (Å²) in [5.41, 5.74) is -1.28. The highest BCUT2D eigenvalue weighted by Crippen LogP contribution is 2.43. The summed E-state index contributed by atoms with van der Waals surface area (Å²) in [6.07, 6.45) is 3.15. The number of hydrogen-bond donors (Lipinski definition) is 1. The van der Waals surface area contributed by atoms with E-state index in [1.807, 2.05) is 16.9 Å². The SMILES string of the molecule is CC1(C)CCC(c2ccc(Cl)cc2)=C(CN2CCN(c3ccc(C(=O)NS(=O)(=O)c4ccc(OCC5(CN6CCOCC6)COC5)c(S(=O)(=O)C(F)(F)F)c4)cc3)CC2)C1. The van der Waals surface area contributed by atoms with Crippen LogP contribution in [0.3, 0.4) is 0 Å². The highest BCUT2D eigenvalue weighted by molar-refractivity contribution is 7.92. The second kappa shape index (κ2) is 17.6. The average molecular weight is 895 g/mol. The lowest BCUT2D eigenvalue weighted by molar-refractivity contribution is -0.149. The van der Waals surface area contributed by atoms with Gasteiger partial charge in [-0.05, 0) is 90.4 Å². The molecule has 1 amide bonds. The van der Waals surface area contributed by atoms with E-state index in [1.165, 1.54) is 28.8 Å². The predicted molar refractivity (Wildman–Crippen MR) is 221 cm³/mol. The number of sulfonamides is 1. The number of rotatable bonds is 13. The van der Waals surface area contributed by atoms with Gasteiger partial charge in [-0.15, -0.1) is 0 Å². The Morgan fingerprint density at radius 3 is 2.15 bits per heavy atom. The molecule has 0 atom stereocenters. The number of halogens is 4. The zero-order valence-electron chi connectivity index (χ0n) is 33.6. The van der Waals surface area contributed by atoms with E-state index < -0.39 is 52.2 Å². The number of amides is 1. The molecule has 3 fully saturated rings. The maximum atomic E-state index is 13.9. The Labute approximate surface area is 354 Å². The molecule has 3 aliphatic heterocycles. The maximum Gasteiger partial charge on any atom is 0.502 e. The number of alkyl halides is 3. The quantitative estimate of drug-likeness (QED) is 0.208. The number of allylic oxidation sites excluding steroid dienone is 1. The highest BCUT2D eigenvalue weighted by Gasteiger charge is 2.49. The minimum Gasteiger partial charge on any atom is -0.491 e. The van der Waals surface area contributed by atoms with Gasteiger partial charge in [0.2, 0.25) is 0 Å². The Morgan fingerprint density at radius 2 is 1.53 bits per heavy atom. The van der Waals surface area contributed by atoms with Gasteiger partial charge in [-0.3, -0.25) is 14.6 Å². The number of carbonyl (C=O) groups is 1. The number of nitrogens with zero attached hydrogens (tertiary/aromatic N) is 3. The Bertz CT molecular complexity index is 2290. The van der Waals surface area contributed by atoms with Gasteiger partial charge in [0.05, 0.1) is 43.3 Å². The summed E-state index contributed by atoms with van der Waals surface area (Å²) >= 11 is 6.17. The van der Waals surface area contributed by atoms with Crippen molar-refractivity contribution in [2.45, 2.75) is 48.4 Å². The number of nitrogens with one attached hydrogen (secondary N) is 1. The fourth-order valence-electron chi connectivity index (χ4n) is 8.25. The van der Waals surface area contributed by atoms with Gasteiger partial charge in [-0.25, -0.2) is 21.6 Å². The first kappa shape index (κ1) is 44.3. The largest absolute Gasteiger partial charge is 0.502 e. The monoisotopic (exact) mass is 894 g/mol. The number of sulfone groups is 1. The van der Waals surface area contributed by atoms with Crippen LogP contribution >= 0.6 is 11.6 Å². The number of anilines is 1. The van der Waals surface area contributed by atoms with Gasteiger partial charge in [0, 0.05) is 68.6 Å². The Kier molecular flexibility index (Phi) is 13.0. The molecule has 60 heavy (non-hydrogen) atoms. The Hall–Kier alpha value is -3.71. The van der Waals surface area contributed by atoms with Crippen LogP contribution in [0, 0.1) is 10.8 Å². The normalized spacial score (nSPS) is 20.4. The first-order valence-electron chi connectivity index (χ1n) is 19.9. The van der Waals surface area contributed by atoms with Crippen LogP contribution in [0.1, 0.15) is 49.0 Å². The van der Waals surface area contributed by atoms with E-state index in [0.717, 1.165) is 69.8 Å². The molecule has 0 radical (unpaired) electrons. The topological polar surface area (TPSA) is 135 Å². The number of hydrogen-bond acceptors (Lipinski definition) is 11. The van der Waals surface area contributed by atoms with Gasteiger partial charge in [-0.2, -0.15) is 13.2 Å². The van der Waals surface area contributed by atoms with E-state index >= 15 is 0 Å². The number of carbonyl (C=O) groups excluding carboxylic acids is 1. The molecule has 3 saturated heterocycles. The summed E-state index contributed by atoms with van der Waals surface area (Å²) in [5.74, 6) is -1.71. The first-order chi connectivity index (χ1) is 28.3. The second-order valence-electron chi connectivity index (χ2n) is 16.9. The molecule has 326 valence electrons. The summed E-state index contributed by atoms with van der Waals surface area (Å²) < 4.78 is 112. The molecule has 0 bridgehead atoms. The fraction of sp³-hybridized carbons (Fsp3) is 0.500. The molecule has 12 nitrogen and oxygen atoms in total. The lowest BCUT2D eigenvalue weighted by atomic mass is 9.73. The minimum absolute atomic E-state index is 0.0149. The van der Waals surface area contributed by atoms with Crippen molar-refractivity contribution < 1.29 is 49.0 Å². The number of piperazine rings is 1. The lowest BCUT2D eigenvalue weighted by Gasteiger charge is -2.44. The third kappa shape index (κ3) is 10.1. The molecule has 1 aliphatic carbocycles. The van der Waals surface area contributed by atoms with Crippen molar-refractivity contribution in [2.24, 2.45) is 10.8 Å². The fourth-order valence-corrected chi connectivity index (χ4v) is 10.4. The average Bonchev–Trinajstić information content (AvgIpc) is 3.19. The molecule has 1 N–H and O–H groups in total. The number of morpholine rings is 1. The molecule has 0 spiro atoms. The molecule has 3 aromatic rings. The summed E-state index contributed by atoms with van der Waals surface area (Å²) in [6, 6.07) is 16.5. The van der Waals surface area contributed by atoms with Crippen LogP contribution in [0.25, 0.3) is 5.57 Å². The van der Waals surface area contributed by atoms with Crippen molar-refractivity contribution in [3.63, 3.8) is 0 Å². The zero-order valence-corrected chi connectivity index (χ0v) is 36.0. The summed E-state index contributed by atoms with van der Waals surface area (Å²) in [7, 11) is -10.9. The van der Waals surface area contributed by atoms with E-state index in [9.17, 15) is 34.8 Å². The van der Waals surface area contributed by atoms with Crippen LogP contribution in [-0.4, -0.2) is 123 Å². The van der Waals surface area contributed by atoms with Gasteiger partial charge in [-0.1, -0.05) is 43.2 Å². The van der Waals surface area contributed by atoms with E-state index in [2.05, 4.69) is 40.7 Å². The molecule has 3 heterocycles. The van der Waals surface area contributed by atoms with Crippen molar-refractivity contribution >= 4 is 48.6 Å². The second-order valence-corrected chi connectivity index (χ2v) is 20.9. The third-order valence-electron chi connectivity index (χ3n) is 11.7. The predicted octanol–water partition coefficient (Wildman–Crippen LogP) is 6.27. The van der Waals surface area contributed by atoms with Gasteiger partial charge in [0.15, 0.2) is 0 Å². The molecule has 0 unspecified atom stereocenters. The van der Waals surface area contributed by atoms with E-state index in [4.69, 9.17) is 25.8 Å². The molecule has 0 saturated carbocycles. The molecule has 7 rings (SSSR count). The molecular weight excluding hydrogens is 845 g/mol. The van der Waals surface area contributed by atoms with Crippen LogP contribution in [-0.2, 0) is 29.3 Å². The van der Waals surface area contributed by atoms with Gasteiger partial charge >= 0.3 is 5.51 Å². The van der Waals surface area contributed by atoms with E-state index in [1.54, 1.807) is 12.1 Å². The Balaban J connectivity index is 0.993. The van der Waals surface area contributed by atoms with Gasteiger partial charge in [0.25, 0.3) is 25.8 Å². The molecular formula is C42H50ClF3N4O8S2. The van der Waals surface area contributed by atoms with Crippen molar-refractivity contribution in [3.05, 3.63) is 88.5 Å². The van der Waals surface area contributed by atoms with Crippen molar-refractivity contribution in [2.75, 3.05) is 90.3 Å². The first-order valence-corrected chi connectivity index (χ1v) is 23.3. The smallest absolute Gasteiger partial charge is 0.491 e. The third-order valence-corrected chi connectivity index (χ3v) is 14.8. The maximum absolute atomic E-state index is 13.9. The summed E-state index contributed by atoms with van der Waals surface area (Å²) in [4.78, 5) is 17.7. The van der Waals surface area contributed by atoms with Crippen molar-refractivity contribution in [1.29, 1.82) is 0 Å². The Morgan fingerprint density at radius 1 is 0.867 bits per heavy atom. The van der Waals surface area contributed by atoms with Crippen LogP contribution in [0.15, 0.2) is 82.1 Å².